The summed E-state index contributed by atoms with van der Waals surface area (Å²) in [5, 5.41) is 14.9. The van der Waals surface area contributed by atoms with E-state index in [9.17, 15) is 4.79 Å². The average molecular weight is 265 g/mol. The molecule has 19 heavy (non-hydrogen) atoms. The number of aliphatic hydroxyl groups is 1. The molecule has 0 radical (unpaired) electrons. The highest BCUT2D eigenvalue weighted by Crippen LogP contribution is 2.11. The smallest absolute Gasteiger partial charge is 0.251 e. The van der Waals surface area contributed by atoms with E-state index in [1.165, 1.54) is 0 Å². The Kier molecular flexibility index (Phi) is 6.32. The van der Waals surface area contributed by atoms with Gasteiger partial charge in [-0.3, -0.25) is 4.79 Å². The van der Waals surface area contributed by atoms with Crippen LogP contribution in [0.25, 0.3) is 0 Å². The van der Waals surface area contributed by atoms with Crippen LogP contribution in [-0.4, -0.2) is 50.8 Å². The Morgan fingerprint density at radius 3 is 2.42 bits per heavy atom. The lowest BCUT2D eigenvalue weighted by molar-refractivity contribution is 0.0953. The van der Waals surface area contributed by atoms with Gasteiger partial charge >= 0.3 is 0 Å². The van der Waals surface area contributed by atoms with Crippen molar-refractivity contribution in [3.63, 3.8) is 0 Å². The first kappa shape index (κ1) is 15.5. The molecule has 0 heterocycles. The zero-order chi connectivity index (χ0) is 14.3. The number of amides is 1. The Hall–Kier alpha value is -1.59. The van der Waals surface area contributed by atoms with Gasteiger partial charge in [-0.25, -0.2) is 0 Å². The van der Waals surface area contributed by atoms with Crippen LogP contribution in [0.3, 0.4) is 0 Å². The zero-order valence-electron chi connectivity index (χ0n) is 11.8. The molecule has 1 unspecified atom stereocenters. The van der Waals surface area contributed by atoms with Gasteiger partial charge < -0.3 is 20.6 Å². The molecule has 0 saturated carbocycles. The minimum atomic E-state index is -0.366. The van der Waals surface area contributed by atoms with Crippen molar-refractivity contribution in [1.29, 1.82) is 0 Å². The Labute approximate surface area is 114 Å². The molecule has 1 aromatic carbocycles. The van der Waals surface area contributed by atoms with E-state index in [1.54, 1.807) is 6.92 Å². The van der Waals surface area contributed by atoms with Crippen LogP contribution in [0.1, 0.15) is 17.3 Å². The minimum absolute atomic E-state index is 0.0795. The summed E-state index contributed by atoms with van der Waals surface area (Å²) in [6.07, 6.45) is -0.366. The normalized spacial score (nSPS) is 12.0. The summed E-state index contributed by atoms with van der Waals surface area (Å²) < 4.78 is 0. The highest BCUT2D eigenvalue weighted by Gasteiger charge is 2.05. The van der Waals surface area contributed by atoms with Gasteiger partial charge in [0.15, 0.2) is 0 Å². The molecule has 0 aliphatic rings. The number of nitrogens with one attached hydrogen (secondary N) is 2. The van der Waals surface area contributed by atoms with E-state index in [0.717, 1.165) is 5.69 Å². The van der Waals surface area contributed by atoms with Crippen molar-refractivity contribution in [2.45, 2.75) is 13.0 Å². The number of benzene rings is 1. The van der Waals surface area contributed by atoms with Gasteiger partial charge in [-0.15, -0.1) is 0 Å². The van der Waals surface area contributed by atoms with Crippen LogP contribution in [0, 0.1) is 0 Å². The largest absolute Gasteiger partial charge is 0.392 e. The SMILES string of the molecule is CC(O)CNCCNC(=O)c1ccc(N(C)C)cc1. The van der Waals surface area contributed by atoms with Gasteiger partial charge in [0.25, 0.3) is 5.91 Å². The molecule has 0 fully saturated rings. The summed E-state index contributed by atoms with van der Waals surface area (Å²) >= 11 is 0. The summed E-state index contributed by atoms with van der Waals surface area (Å²) in [6, 6.07) is 7.46. The summed E-state index contributed by atoms with van der Waals surface area (Å²) in [5.74, 6) is -0.0795. The minimum Gasteiger partial charge on any atom is -0.392 e. The zero-order valence-corrected chi connectivity index (χ0v) is 11.8. The van der Waals surface area contributed by atoms with Crippen molar-refractivity contribution >= 4 is 11.6 Å². The van der Waals surface area contributed by atoms with Crippen molar-refractivity contribution in [2.75, 3.05) is 38.6 Å². The Morgan fingerprint density at radius 2 is 1.89 bits per heavy atom. The third kappa shape index (κ3) is 5.72. The van der Waals surface area contributed by atoms with Crippen LogP contribution in [0.5, 0.6) is 0 Å². The highest BCUT2D eigenvalue weighted by molar-refractivity contribution is 5.94. The van der Waals surface area contributed by atoms with Gasteiger partial charge in [0, 0.05) is 45.0 Å². The molecule has 0 spiro atoms. The molecule has 1 aromatic rings. The first-order valence-electron chi connectivity index (χ1n) is 6.45. The van der Waals surface area contributed by atoms with E-state index in [0.29, 0.717) is 25.2 Å². The van der Waals surface area contributed by atoms with Gasteiger partial charge in [-0.1, -0.05) is 0 Å². The summed E-state index contributed by atoms with van der Waals surface area (Å²) in [7, 11) is 3.92. The fraction of sp³-hybridized carbons (Fsp3) is 0.500. The fourth-order valence-electron chi connectivity index (χ4n) is 1.59. The molecule has 0 bridgehead atoms. The Balaban J connectivity index is 2.33. The maximum absolute atomic E-state index is 11.8. The summed E-state index contributed by atoms with van der Waals surface area (Å²) in [4.78, 5) is 13.8. The van der Waals surface area contributed by atoms with E-state index >= 15 is 0 Å². The number of rotatable bonds is 7. The second kappa shape index (κ2) is 7.76. The molecule has 0 aliphatic carbocycles. The van der Waals surface area contributed by atoms with Crippen LogP contribution in [0.2, 0.25) is 0 Å². The van der Waals surface area contributed by atoms with Gasteiger partial charge in [-0.2, -0.15) is 0 Å². The number of anilines is 1. The lowest BCUT2D eigenvalue weighted by atomic mass is 10.2. The molecule has 0 saturated heterocycles. The third-order valence-electron chi connectivity index (χ3n) is 2.67. The maximum atomic E-state index is 11.8. The quantitative estimate of drug-likeness (QED) is 0.627. The molecule has 5 heteroatoms. The van der Waals surface area contributed by atoms with Crippen LogP contribution in [0.4, 0.5) is 5.69 Å². The summed E-state index contributed by atoms with van der Waals surface area (Å²) in [6.45, 7) is 3.44. The molecule has 1 amide bonds. The average Bonchev–Trinajstić information content (AvgIpc) is 2.37. The molecule has 106 valence electrons. The maximum Gasteiger partial charge on any atom is 0.251 e. The number of aliphatic hydroxyl groups excluding tert-OH is 1. The molecule has 5 nitrogen and oxygen atoms in total. The Morgan fingerprint density at radius 1 is 1.26 bits per heavy atom. The van der Waals surface area contributed by atoms with E-state index in [2.05, 4.69) is 10.6 Å². The molecular formula is C14H23N3O2. The second-order valence-corrected chi connectivity index (χ2v) is 4.75. The van der Waals surface area contributed by atoms with Crippen LogP contribution in [0.15, 0.2) is 24.3 Å². The van der Waals surface area contributed by atoms with E-state index < -0.39 is 0 Å². The van der Waals surface area contributed by atoms with Gasteiger partial charge in [-0.05, 0) is 31.2 Å². The van der Waals surface area contributed by atoms with Gasteiger partial charge in [0.1, 0.15) is 0 Å². The fourth-order valence-corrected chi connectivity index (χ4v) is 1.59. The number of carbonyl (C=O) groups is 1. The second-order valence-electron chi connectivity index (χ2n) is 4.75. The third-order valence-corrected chi connectivity index (χ3v) is 2.67. The van der Waals surface area contributed by atoms with Crippen LogP contribution in [-0.2, 0) is 0 Å². The number of hydrogen-bond donors (Lipinski definition) is 3. The first-order chi connectivity index (χ1) is 9.00. The molecule has 0 aliphatic heterocycles. The Bertz CT molecular complexity index is 388. The van der Waals surface area contributed by atoms with Crippen molar-refractivity contribution in [3.05, 3.63) is 29.8 Å². The topological polar surface area (TPSA) is 64.6 Å². The highest BCUT2D eigenvalue weighted by atomic mass is 16.3. The lowest BCUT2D eigenvalue weighted by Crippen LogP contribution is -2.34. The molecule has 1 rings (SSSR count). The van der Waals surface area contributed by atoms with E-state index in [4.69, 9.17) is 5.11 Å². The predicted molar refractivity (Wildman–Crippen MR) is 77.7 cm³/mol. The molecule has 1 atom stereocenters. The molecule has 0 aromatic heterocycles. The molecule has 3 N–H and O–H groups in total. The number of hydrogen-bond acceptors (Lipinski definition) is 4. The van der Waals surface area contributed by atoms with Crippen molar-refractivity contribution in [1.82, 2.24) is 10.6 Å². The molecular weight excluding hydrogens is 242 g/mol. The van der Waals surface area contributed by atoms with E-state index in [1.807, 2.05) is 43.3 Å². The summed E-state index contributed by atoms with van der Waals surface area (Å²) in [5.41, 5.74) is 1.72. The number of carbonyl (C=O) groups excluding carboxylic acids is 1. The first-order valence-corrected chi connectivity index (χ1v) is 6.45. The number of nitrogens with zero attached hydrogens (tertiary/aromatic N) is 1. The van der Waals surface area contributed by atoms with Crippen molar-refractivity contribution in [3.8, 4) is 0 Å². The van der Waals surface area contributed by atoms with Crippen LogP contribution >= 0.6 is 0 Å². The monoisotopic (exact) mass is 265 g/mol. The van der Waals surface area contributed by atoms with Crippen molar-refractivity contribution < 1.29 is 9.90 Å². The van der Waals surface area contributed by atoms with Gasteiger partial charge in [0.2, 0.25) is 0 Å². The van der Waals surface area contributed by atoms with Crippen LogP contribution < -0.4 is 15.5 Å². The van der Waals surface area contributed by atoms with Gasteiger partial charge in [0.05, 0.1) is 6.10 Å². The van der Waals surface area contributed by atoms with Crippen molar-refractivity contribution in [2.24, 2.45) is 0 Å². The standard InChI is InChI=1S/C14H23N3O2/c1-11(18)10-15-8-9-16-14(19)12-4-6-13(7-5-12)17(2)3/h4-7,11,15,18H,8-10H2,1-3H3,(H,16,19). The lowest BCUT2D eigenvalue weighted by Gasteiger charge is -2.12. The predicted octanol–water partition coefficient (Wildman–Crippen LogP) is 0.453. The van der Waals surface area contributed by atoms with E-state index in [-0.39, 0.29) is 12.0 Å².